The maximum absolute atomic E-state index is 14.6. The predicted molar refractivity (Wildman–Crippen MR) is 83.0 cm³/mol. The Kier molecular flexibility index (Phi) is 3.69. The highest BCUT2D eigenvalue weighted by Gasteiger charge is 2.65. The van der Waals surface area contributed by atoms with Crippen molar-refractivity contribution in [1.29, 1.82) is 0 Å². The molecule has 2 aliphatic carbocycles. The van der Waals surface area contributed by atoms with Gasteiger partial charge >= 0.3 is 5.92 Å². The molecule has 1 aromatic heterocycles. The van der Waals surface area contributed by atoms with Crippen LogP contribution in [0.4, 0.5) is 8.78 Å². The van der Waals surface area contributed by atoms with Crippen LogP contribution in [0.3, 0.4) is 0 Å². The molecule has 0 radical (unpaired) electrons. The number of fused-ring (bicyclic) bond motifs is 1. The van der Waals surface area contributed by atoms with E-state index in [0.29, 0.717) is 24.6 Å². The van der Waals surface area contributed by atoms with Crippen molar-refractivity contribution < 1.29 is 23.1 Å². The Morgan fingerprint density at radius 2 is 2.12 bits per heavy atom. The van der Waals surface area contributed by atoms with Crippen LogP contribution in [0, 0.1) is 5.92 Å². The smallest absolute Gasteiger partial charge is 0.352 e. The number of hydrogen-bond donors (Lipinski definition) is 1. The molecule has 2 saturated carbocycles. The summed E-state index contributed by atoms with van der Waals surface area (Å²) in [6, 6.07) is 0. The molecule has 138 valence electrons. The highest BCUT2D eigenvalue weighted by molar-refractivity contribution is 5.85. The summed E-state index contributed by atoms with van der Waals surface area (Å²) in [6.07, 6.45) is 3.63. The highest BCUT2D eigenvalue weighted by atomic mass is 19.3. The van der Waals surface area contributed by atoms with Crippen LogP contribution in [-0.2, 0) is 16.6 Å². The maximum Gasteiger partial charge on any atom is 0.352 e. The van der Waals surface area contributed by atoms with Crippen molar-refractivity contribution >= 4 is 5.91 Å². The molecule has 0 spiro atoms. The van der Waals surface area contributed by atoms with E-state index < -0.39 is 22.8 Å². The summed E-state index contributed by atoms with van der Waals surface area (Å²) in [5.74, 6) is -3.97. The minimum absolute atomic E-state index is 0.0301. The molecule has 1 amide bonds. The Hall–Kier alpha value is -1.57. The van der Waals surface area contributed by atoms with Crippen LogP contribution >= 0.6 is 0 Å². The summed E-state index contributed by atoms with van der Waals surface area (Å²) in [4.78, 5) is 13.7. The molecular weight excluding hydrogens is 332 g/mol. The molecule has 1 saturated heterocycles. The Bertz CT molecular complexity index is 688. The van der Waals surface area contributed by atoms with E-state index in [2.05, 4.69) is 10.2 Å². The first-order valence-corrected chi connectivity index (χ1v) is 9.05. The van der Waals surface area contributed by atoms with Gasteiger partial charge in [-0.05, 0) is 38.0 Å². The summed E-state index contributed by atoms with van der Waals surface area (Å²) < 4.78 is 34.9. The minimum atomic E-state index is -3.74. The largest absolute Gasteiger partial charge is 0.425 e. The van der Waals surface area contributed by atoms with Crippen LogP contribution < -0.4 is 0 Å². The van der Waals surface area contributed by atoms with E-state index in [-0.39, 0.29) is 31.8 Å². The molecule has 3 fully saturated rings. The lowest BCUT2D eigenvalue weighted by molar-refractivity contribution is -0.223. The molecule has 0 aromatic carbocycles. The second-order valence-corrected chi connectivity index (χ2v) is 7.75. The summed E-state index contributed by atoms with van der Waals surface area (Å²) in [5, 5.41) is 18.2. The van der Waals surface area contributed by atoms with Gasteiger partial charge in [-0.2, -0.15) is 8.78 Å². The third-order valence-electron chi connectivity index (χ3n) is 6.39. The van der Waals surface area contributed by atoms with E-state index in [1.165, 1.54) is 4.90 Å². The van der Waals surface area contributed by atoms with Crippen LogP contribution in [0.25, 0.3) is 0 Å². The summed E-state index contributed by atoms with van der Waals surface area (Å²) in [6.45, 7) is 2.33. The topological polar surface area (TPSA) is 79.5 Å². The Morgan fingerprint density at radius 3 is 2.72 bits per heavy atom. The number of aliphatic hydroxyl groups is 1. The van der Waals surface area contributed by atoms with E-state index in [1.54, 1.807) is 0 Å². The van der Waals surface area contributed by atoms with Gasteiger partial charge in [0.15, 0.2) is 0 Å². The van der Waals surface area contributed by atoms with E-state index >= 15 is 0 Å². The van der Waals surface area contributed by atoms with Gasteiger partial charge in [-0.25, -0.2) is 0 Å². The Morgan fingerprint density at radius 1 is 1.36 bits per heavy atom. The number of aryl methyl sites for hydroxylation is 1. The first kappa shape index (κ1) is 16.9. The Balaban J connectivity index is 1.59. The average Bonchev–Trinajstić information content (AvgIpc) is 3.24. The van der Waals surface area contributed by atoms with Crippen LogP contribution in [0.15, 0.2) is 4.42 Å². The third-order valence-corrected chi connectivity index (χ3v) is 6.39. The lowest BCUT2D eigenvalue weighted by Gasteiger charge is -2.42. The fourth-order valence-electron chi connectivity index (χ4n) is 4.61. The number of aromatic nitrogens is 2. The average molecular weight is 355 g/mol. The van der Waals surface area contributed by atoms with Gasteiger partial charge < -0.3 is 14.4 Å². The second kappa shape index (κ2) is 5.46. The molecule has 2 heterocycles. The molecule has 1 N–H and O–H groups in total. The fourth-order valence-corrected chi connectivity index (χ4v) is 4.61. The quantitative estimate of drug-likeness (QED) is 0.894. The monoisotopic (exact) mass is 355 g/mol. The zero-order valence-corrected chi connectivity index (χ0v) is 14.3. The van der Waals surface area contributed by atoms with Crippen molar-refractivity contribution in [2.75, 3.05) is 13.1 Å². The lowest BCUT2D eigenvalue weighted by atomic mass is 9.75. The number of hydrogen-bond acceptors (Lipinski definition) is 5. The third kappa shape index (κ3) is 2.26. The van der Waals surface area contributed by atoms with Crippen molar-refractivity contribution in [2.24, 2.45) is 5.92 Å². The lowest BCUT2D eigenvalue weighted by Crippen LogP contribution is -2.61. The van der Waals surface area contributed by atoms with Crippen molar-refractivity contribution in [3.8, 4) is 0 Å². The number of nitrogens with zero attached hydrogens (tertiary/aromatic N) is 3. The molecule has 6 nitrogen and oxygen atoms in total. The standard InChI is InChI=1S/C17H23F2N3O3/c1-2-12-20-21-13(25-12)15-6-3-5-11(15)9-22(10-15)14(23)17(18,19)16(24)7-4-8-16/h11,24H,2-10H2,1H3/t11-,15-/m0/s1. The van der Waals surface area contributed by atoms with Gasteiger partial charge in [-0.15, -0.1) is 10.2 Å². The van der Waals surface area contributed by atoms with Gasteiger partial charge in [0.1, 0.15) is 5.60 Å². The number of rotatable bonds is 4. The molecule has 1 aromatic rings. The van der Waals surface area contributed by atoms with Gasteiger partial charge in [0.05, 0.1) is 5.41 Å². The van der Waals surface area contributed by atoms with Crippen LogP contribution in [0.1, 0.15) is 57.2 Å². The van der Waals surface area contributed by atoms with Gasteiger partial charge in [0.25, 0.3) is 5.91 Å². The minimum Gasteiger partial charge on any atom is -0.425 e. The van der Waals surface area contributed by atoms with E-state index in [0.717, 1.165) is 19.3 Å². The number of likely N-dealkylation sites (tertiary alicyclic amines) is 1. The van der Waals surface area contributed by atoms with Crippen LogP contribution in [0.5, 0.6) is 0 Å². The zero-order valence-electron chi connectivity index (χ0n) is 14.3. The van der Waals surface area contributed by atoms with E-state index in [9.17, 15) is 18.7 Å². The molecule has 4 rings (SSSR count). The van der Waals surface area contributed by atoms with Crippen molar-refractivity contribution in [3.05, 3.63) is 11.8 Å². The number of amides is 1. The first-order valence-electron chi connectivity index (χ1n) is 9.05. The van der Waals surface area contributed by atoms with Gasteiger partial charge in [0, 0.05) is 19.5 Å². The summed E-state index contributed by atoms with van der Waals surface area (Å²) >= 11 is 0. The second-order valence-electron chi connectivity index (χ2n) is 7.75. The number of halogens is 2. The molecule has 2 atom stereocenters. The van der Waals surface area contributed by atoms with E-state index in [4.69, 9.17) is 4.42 Å². The van der Waals surface area contributed by atoms with Crippen LogP contribution in [0.2, 0.25) is 0 Å². The summed E-state index contributed by atoms with van der Waals surface area (Å²) in [7, 11) is 0. The fraction of sp³-hybridized carbons (Fsp3) is 0.824. The number of alkyl halides is 2. The van der Waals surface area contributed by atoms with Crippen LogP contribution in [-0.4, -0.2) is 50.7 Å². The molecule has 0 bridgehead atoms. The number of carbonyl (C=O) groups is 1. The highest BCUT2D eigenvalue weighted by Crippen LogP contribution is 2.52. The van der Waals surface area contributed by atoms with Gasteiger partial charge in [-0.1, -0.05) is 13.3 Å². The SMILES string of the molecule is CCc1nnc([C@]23CCC[C@H]2CN(C(=O)C(F)(F)C2(O)CCC2)C3)o1. The molecule has 25 heavy (non-hydrogen) atoms. The summed E-state index contributed by atoms with van der Waals surface area (Å²) in [5.41, 5.74) is -2.71. The molecule has 0 unspecified atom stereocenters. The Labute approximate surface area is 144 Å². The van der Waals surface area contributed by atoms with Crippen molar-refractivity contribution in [1.82, 2.24) is 15.1 Å². The predicted octanol–water partition coefficient (Wildman–Crippen LogP) is 2.06. The van der Waals surface area contributed by atoms with Crippen molar-refractivity contribution in [3.63, 3.8) is 0 Å². The van der Waals surface area contributed by atoms with Crippen molar-refractivity contribution in [2.45, 2.75) is 68.8 Å². The van der Waals surface area contributed by atoms with E-state index in [1.807, 2.05) is 6.92 Å². The molecule has 8 heteroatoms. The van der Waals surface area contributed by atoms with Gasteiger partial charge in [0.2, 0.25) is 11.8 Å². The molecular formula is C17H23F2N3O3. The normalized spacial score (nSPS) is 31.0. The maximum atomic E-state index is 14.6. The first-order chi connectivity index (χ1) is 11.8. The molecule has 3 aliphatic rings. The zero-order chi connectivity index (χ0) is 17.9. The number of carbonyl (C=O) groups excluding carboxylic acids is 1. The van der Waals surface area contributed by atoms with Gasteiger partial charge in [-0.3, -0.25) is 4.79 Å². The molecule has 1 aliphatic heterocycles.